The molecule has 150 valence electrons. The Labute approximate surface area is 164 Å². The maximum atomic E-state index is 13.1. The third-order valence-electron chi connectivity index (χ3n) is 4.64. The Bertz CT molecular complexity index is 914. The van der Waals surface area contributed by atoms with Crippen molar-refractivity contribution in [1.29, 1.82) is 0 Å². The number of carbonyl (C=O) groups is 1. The van der Waals surface area contributed by atoms with Crippen molar-refractivity contribution >= 4 is 21.6 Å². The summed E-state index contributed by atoms with van der Waals surface area (Å²) in [6.07, 6.45) is 1.19. The summed E-state index contributed by atoms with van der Waals surface area (Å²) < 4.78 is 45.3. The van der Waals surface area contributed by atoms with Crippen LogP contribution in [0.3, 0.4) is 0 Å². The van der Waals surface area contributed by atoms with Crippen LogP contribution in [0.1, 0.15) is 19.8 Å². The normalized spacial score (nSPS) is 17.9. The van der Waals surface area contributed by atoms with Crippen molar-refractivity contribution < 1.29 is 22.3 Å². The number of hydrogen-bond acceptors (Lipinski definition) is 4. The van der Waals surface area contributed by atoms with Crippen LogP contribution in [0.5, 0.6) is 5.75 Å². The van der Waals surface area contributed by atoms with Crippen LogP contribution in [-0.4, -0.2) is 38.3 Å². The fourth-order valence-corrected chi connectivity index (χ4v) is 4.70. The number of sulfonamides is 1. The van der Waals surface area contributed by atoms with Crippen molar-refractivity contribution in [2.75, 3.05) is 25.0 Å². The molecule has 0 saturated carbocycles. The predicted molar refractivity (Wildman–Crippen MR) is 104 cm³/mol. The Morgan fingerprint density at radius 2 is 1.86 bits per heavy atom. The molecule has 0 unspecified atom stereocenters. The summed E-state index contributed by atoms with van der Waals surface area (Å²) >= 11 is 0. The van der Waals surface area contributed by atoms with E-state index in [9.17, 15) is 17.6 Å². The first-order valence-electron chi connectivity index (χ1n) is 9.19. The van der Waals surface area contributed by atoms with Gasteiger partial charge in [0.1, 0.15) is 11.6 Å². The fourth-order valence-electron chi connectivity index (χ4n) is 3.18. The monoisotopic (exact) mass is 406 g/mol. The van der Waals surface area contributed by atoms with Gasteiger partial charge in [-0.3, -0.25) is 4.79 Å². The first-order chi connectivity index (χ1) is 13.4. The smallest absolute Gasteiger partial charge is 0.243 e. The second-order valence-electron chi connectivity index (χ2n) is 6.60. The van der Waals surface area contributed by atoms with E-state index in [1.807, 2.05) is 6.92 Å². The SMILES string of the molecule is CCOc1ccc(NC(=O)[C@H]2CCCN(S(=O)(=O)c3ccc(F)cc3)C2)cc1. The van der Waals surface area contributed by atoms with Crippen LogP contribution in [0.4, 0.5) is 10.1 Å². The number of benzene rings is 2. The average molecular weight is 406 g/mol. The van der Waals surface area contributed by atoms with Crippen molar-refractivity contribution in [2.24, 2.45) is 5.92 Å². The lowest BCUT2D eigenvalue weighted by Gasteiger charge is -2.31. The number of halogens is 1. The number of carbonyl (C=O) groups excluding carboxylic acids is 1. The Hall–Kier alpha value is -2.45. The van der Waals surface area contributed by atoms with Gasteiger partial charge in [0.2, 0.25) is 15.9 Å². The number of rotatable bonds is 6. The van der Waals surface area contributed by atoms with E-state index < -0.39 is 21.8 Å². The molecule has 0 bridgehead atoms. The Kier molecular flexibility index (Phi) is 6.31. The largest absolute Gasteiger partial charge is 0.494 e. The van der Waals surface area contributed by atoms with Crippen molar-refractivity contribution in [3.8, 4) is 5.75 Å². The number of anilines is 1. The number of hydrogen-bond donors (Lipinski definition) is 1. The summed E-state index contributed by atoms with van der Waals surface area (Å²) in [7, 11) is -3.76. The molecule has 0 spiro atoms. The molecular formula is C20H23FN2O4S. The van der Waals surface area contributed by atoms with Crippen molar-refractivity contribution in [1.82, 2.24) is 4.31 Å². The van der Waals surface area contributed by atoms with Gasteiger partial charge >= 0.3 is 0 Å². The molecule has 1 N–H and O–H groups in total. The number of ether oxygens (including phenoxy) is 1. The molecule has 1 aliphatic rings. The van der Waals surface area contributed by atoms with Gasteiger partial charge < -0.3 is 10.1 Å². The molecule has 0 aromatic heterocycles. The number of nitrogens with zero attached hydrogens (tertiary/aromatic N) is 1. The maximum Gasteiger partial charge on any atom is 0.243 e. The van der Waals surface area contributed by atoms with Crippen molar-refractivity contribution in [3.05, 3.63) is 54.3 Å². The molecule has 1 aliphatic heterocycles. The van der Waals surface area contributed by atoms with Crippen LogP contribution < -0.4 is 10.1 Å². The molecule has 2 aromatic rings. The number of amides is 1. The van der Waals surface area contributed by atoms with Gasteiger partial charge in [-0.25, -0.2) is 12.8 Å². The number of nitrogens with one attached hydrogen (secondary N) is 1. The molecule has 3 rings (SSSR count). The Morgan fingerprint density at radius 1 is 1.18 bits per heavy atom. The summed E-state index contributed by atoms with van der Waals surface area (Å²) in [6, 6.07) is 11.8. The lowest BCUT2D eigenvalue weighted by atomic mass is 9.99. The molecule has 0 aliphatic carbocycles. The van der Waals surface area contributed by atoms with Crippen molar-refractivity contribution in [2.45, 2.75) is 24.7 Å². The Morgan fingerprint density at radius 3 is 2.50 bits per heavy atom. The topological polar surface area (TPSA) is 75.7 Å². The van der Waals surface area contributed by atoms with E-state index in [1.165, 1.54) is 16.4 Å². The molecular weight excluding hydrogens is 383 g/mol. The van der Waals surface area contributed by atoms with Gasteiger partial charge in [0, 0.05) is 18.8 Å². The minimum Gasteiger partial charge on any atom is -0.494 e. The lowest BCUT2D eigenvalue weighted by Crippen LogP contribution is -2.43. The zero-order valence-electron chi connectivity index (χ0n) is 15.6. The van der Waals surface area contributed by atoms with Gasteiger partial charge in [-0.15, -0.1) is 0 Å². The van der Waals surface area contributed by atoms with Crippen LogP contribution >= 0.6 is 0 Å². The average Bonchev–Trinajstić information content (AvgIpc) is 2.70. The minimum atomic E-state index is -3.76. The third kappa shape index (κ3) is 4.69. The van der Waals surface area contributed by atoms with Gasteiger partial charge in [-0.05, 0) is 68.3 Å². The lowest BCUT2D eigenvalue weighted by molar-refractivity contribution is -0.120. The molecule has 1 amide bonds. The minimum absolute atomic E-state index is 0.0291. The standard InChI is InChI=1S/C20H23FN2O4S/c1-2-27-18-9-7-17(8-10-18)22-20(24)15-4-3-13-23(14-15)28(25,26)19-11-5-16(21)6-12-19/h5-12,15H,2-4,13-14H2,1H3,(H,22,24)/t15-/m0/s1. The molecule has 8 heteroatoms. The maximum absolute atomic E-state index is 13.1. The van der Waals surface area contributed by atoms with E-state index in [-0.39, 0.29) is 17.3 Å². The van der Waals surface area contributed by atoms with E-state index in [0.29, 0.717) is 31.7 Å². The summed E-state index contributed by atoms with van der Waals surface area (Å²) in [6.45, 7) is 2.89. The van der Waals surface area contributed by atoms with E-state index in [2.05, 4.69) is 5.32 Å². The van der Waals surface area contributed by atoms with Gasteiger partial charge in [0.25, 0.3) is 0 Å². The zero-order valence-corrected chi connectivity index (χ0v) is 16.4. The van der Waals surface area contributed by atoms with Gasteiger partial charge in [0.05, 0.1) is 17.4 Å². The molecule has 2 aromatic carbocycles. The summed E-state index contributed by atoms with van der Waals surface area (Å²) in [5.74, 6) is -0.446. The summed E-state index contributed by atoms with van der Waals surface area (Å²) in [5.41, 5.74) is 0.631. The van der Waals surface area contributed by atoms with E-state index in [1.54, 1.807) is 24.3 Å². The first-order valence-corrected chi connectivity index (χ1v) is 10.6. The highest BCUT2D eigenvalue weighted by Crippen LogP contribution is 2.25. The first kappa shape index (κ1) is 20.3. The van der Waals surface area contributed by atoms with Gasteiger partial charge in [-0.1, -0.05) is 0 Å². The van der Waals surface area contributed by atoms with Gasteiger partial charge in [-0.2, -0.15) is 4.31 Å². The Balaban J connectivity index is 1.66. The molecule has 28 heavy (non-hydrogen) atoms. The highest BCUT2D eigenvalue weighted by atomic mass is 32.2. The van der Waals surface area contributed by atoms with Gasteiger partial charge in [0.15, 0.2) is 0 Å². The summed E-state index contributed by atoms with van der Waals surface area (Å²) in [4.78, 5) is 12.6. The summed E-state index contributed by atoms with van der Waals surface area (Å²) in [5, 5.41) is 2.83. The zero-order chi connectivity index (χ0) is 20.1. The third-order valence-corrected chi connectivity index (χ3v) is 6.52. The molecule has 6 nitrogen and oxygen atoms in total. The van der Waals surface area contributed by atoms with Crippen LogP contribution in [0.15, 0.2) is 53.4 Å². The fraction of sp³-hybridized carbons (Fsp3) is 0.350. The van der Waals surface area contributed by atoms with E-state index >= 15 is 0 Å². The molecule has 1 fully saturated rings. The van der Waals surface area contributed by atoms with Crippen LogP contribution in [-0.2, 0) is 14.8 Å². The van der Waals surface area contributed by atoms with Crippen LogP contribution in [0.2, 0.25) is 0 Å². The second kappa shape index (κ2) is 8.70. The number of piperidine rings is 1. The molecule has 1 saturated heterocycles. The van der Waals surface area contributed by atoms with Crippen molar-refractivity contribution in [3.63, 3.8) is 0 Å². The van der Waals surface area contributed by atoms with E-state index in [0.717, 1.165) is 17.9 Å². The van der Waals surface area contributed by atoms with Crippen LogP contribution in [0.25, 0.3) is 0 Å². The second-order valence-corrected chi connectivity index (χ2v) is 8.54. The highest BCUT2D eigenvalue weighted by Gasteiger charge is 2.33. The highest BCUT2D eigenvalue weighted by molar-refractivity contribution is 7.89. The van der Waals surface area contributed by atoms with E-state index in [4.69, 9.17) is 4.74 Å². The molecule has 1 heterocycles. The molecule has 1 atom stereocenters. The molecule has 0 radical (unpaired) electrons. The van der Waals surface area contributed by atoms with Crippen LogP contribution in [0, 0.1) is 11.7 Å². The predicted octanol–water partition coefficient (Wildman–Crippen LogP) is 3.26. The quantitative estimate of drug-likeness (QED) is 0.799.